The van der Waals surface area contributed by atoms with E-state index in [1.165, 1.54) is 6.07 Å². The highest BCUT2D eigenvalue weighted by Gasteiger charge is 2.00. The van der Waals surface area contributed by atoms with E-state index in [-0.39, 0.29) is 5.82 Å². The van der Waals surface area contributed by atoms with Crippen LogP contribution in [-0.4, -0.2) is 16.2 Å². The fourth-order valence-corrected chi connectivity index (χ4v) is 1.56. The van der Waals surface area contributed by atoms with Crippen LogP contribution >= 0.6 is 0 Å². The Balaban J connectivity index is 1.65. The average molecular weight is 234 g/mol. The van der Waals surface area contributed by atoms with E-state index in [4.69, 9.17) is 4.74 Å². The van der Waals surface area contributed by atoms with Gasteiger partial charge in [0.1, 0.15) is 0 Å². The van der Waals surface area contributed by atoms with Crippen LogP contribution in [0.1, 0.15) is 12.8 Å². The summed E-state index contributed by atoms with van der Waals surface area (Å²) in [5, 5.41) is 0. The van der Waals surface area contributed by atoms with Crippen molar-refractivity contribution < 1.29 is 9.13 Å². The fourth-order valence-electron chi connectivity index (χ4n) is 1.56. The molecule has 2 rings (SSSR count). The Kier molecular flexibility index (Phi) is 4.13. The molecule has 3 nitrogen and oxygen atoms in total. The third-order valence-electron chi connectivity index (χ3n) is 2.46. The number of benzene rings is 1. The van der Waals surface area contributed by atoms with Crippen molar-refractivity contribution in [2.24, 2.45) is 0 Å². The molecular formula is C13H15FN2O. The minimum atomic E-state index is -0.304. The average Bonchev–Trinajstić information content (AvgIpc) is 2.84. The summed E-state index contributed by atoms with van der Waals surface area (Å²) in [7, 11) is 0. The smallest absolute Gasteiger partial charge is 0.165 e. The highest BCUT2D eigenvalue weighted by atomic mass is 19.1. The zero-order valence-electron chi connectivity index (χ0n) is 9.55. The molecule has 4 heteroatoms. The first-order valence-electron chi connectivity index (χ1n) is 5.69. The van der Waals surface area contributed by atoms with Crippen molar-refractivity contribution in [3.63, 3.8) is 0 Å². The van der Waals surface area contributed by atoms with Crippen LogP contribution in [0.15, 0.2) is 43.0 Å². The van der Waals surface area contributed by atoms with Crippen molar-refractivity contribution in [1.29, 1.82) is 0 Å². The molecule has 0 bridgehead atoms. The Morgan fingerprint density at radius 1 is 1.24 bits per heavy atom. The van der Waals surface area contributed by atoms with Crippen LogP contribution in [0.3, 0.4) is 0 Å². The van der Waals surface area contributed by atoms with E-state index in [0.717, 1.165) is 19.4 Å². The largest absolute Gasteiger partial charge is 0.491 e. The quantitative estimate of drug-likeness (QED) is 0.718. The van der Waals surface area contributed by atoms with Crippen LogP contribution in [0.2, 0.25) is 0 Å². The molecule has 0 unspecified atom stereocenters. The Bertz CT molecular complexity index is 442. The number of hydrogen-bond acceptors (Lipinski definition) is 2. The van der Waals surface area contributed by atoms with Crippen molar-refractivity contribution >= 4 is 0 Å². The second-order valence-corrected chi connectivity index (χ2v) is 3.79. The second-order valence-electron chi connectivity index (χ2n) is 3.79. The molecule has 0 amide bonds. The molecule has 17 heavy (non-hydrogen) atoms. The van der Waals surface area contributed by atoms with Gasteiger partial charge >= 0.3 is 0 Å². The standard InChI is InChI=1S/C13H15FN2O/c14-12-5-1-2-6-13(12)17-10-4-3-8-16-9-7-15-11-16/h1-2,5-7,9,11H,3-4,8,10H2. The van der Waals surface area contributed by atoms with E-state index in [0.29, 0.717) is 12.4 Å². The zero-order valence-corrected chi connectivity index (χ0v) is 9.55. The Morgan fingerprint density at radius 3 is 2.88 bits per heavy atom. The summed E-state index contributed by atoms with van der Waals surface area (Å²) in [4.78, 5) is 3.96. The van der Waals surface area contributed by atoms with Crippen molar-refractivity contribution in [2.45, 2.75) is 19.4 Å². The lowest BCUT2D eigenvalue weighted by atomic mass is 10.3. The zero-order chi connectivity index (χ0) is 11.9. The normalized spacial score (nSPS) is 10.4. The number of unbranched alkanes of at least 4 members (excludes halogenated alkanes) is 1. The molecule has 0 aliphatic carbocycles. The monoisotopic (exact) mass is 234 g/mol. The summed E-state index contributed by atoms with van der Waals surface area (Å²) in [6, 6.07) is 6.47. The summed E-state index contributed by atoms with van der Waals surface area (Å²) in [6.45, 7) is 1.45. The van der Waals surface area contributed by atoms with E-state index in [1.807, 2.05) is 10.8 Å². The van der Waals surface area contributed by atoms with E-state index >= 15 is 0 Å². The number of ether oxygens (including phenoxy) is 1. The molecule has 0 radical (unpaired) electrons. The molecule has 0 saturated heterocycles. The number of rotatable bonds is 6. The van der Waals surface area contributed by atoms with Crippen molar-refractivity contribution in [2.75, 3.05) is 6.61 Å². The molecular weight excluding hydrogens is 219 g/mol. The van der Waals surface area contributed by atoms with Gasteiger partial charge in [0.2, 0.25) is 0 Å². The number of hydrogen-bond donors (Lipinski definition) is 0. The number of halogens is 1. The Labute approximate surface area is 99.9 Å². The van der Waals surface area contributed by atoms with Gasteiger partial charge in [-0.2, -0.15) is 0 Å². The molecule has 0 atom stereocenters. The summed E-state index contributed by atoms with van der Waals surface area (Å²) in [6.07, 6.45) is 7.36. The van der Waals surface area contributed by atoms with Crippen molar-refractivity contribution in [3.05, 3.63) is 48.8 Å². The predicted molar refractivity (Wildman–Crippen MR) is 63.4 cm³/mol. The Hall–Kier alpha value is -1.84. The maximum atomic E-state index is 13.2. The van der Waals surface area contributed by atoms with Crippen molar-refractivity contribution in [3.8, 4) is 5.75 Å². The lowest BCUT2D eigenvalue weighted by Crippen LogP contribution is -2.01. The third kappa shape index (κ3) is 3.59. The van der Waals surface area contributed by atoms with Gasteiger partial charge in [-0.15, -0.1) is 0 Å². The van der Waals surface area contributed by atoms with Gasteiger partial charge in [0.25, 0.3) is 0 Å². The first-order chi connectivity index (χ1) is 8.36. The molecule has 0 N–H and O–H groups in total. The summed E-state index contributed by atoms with van der Waals surface area (Å²) < 4.78 is 20.6. The van der Waals surface area contributed by atoms with Gasteiger partial charge in [-0.3, -0.25) is 0 Å². The molecule has 0 fully saturated rings. The number of para-hydroxylation sites is 1. The summed E-state index contributed by atoms with van der Waals surface area (Å²) in [5.41, 5.74) is 0. The van der Waals surface area contributed by atoms with E-state index in [1.54, 1.807) is 30.7 Å². The predicted octanol–water partition coefficient (Wildman–Crippen LogP) is 2.88. The lowest BCUT2D eigenvalue weighted by molar-refractivity contribution is 0.289. The van der Waals surface area contributed by atoms with Crippen LogP contribution in [-0.2, 0) is 6.54 Å². The molecule has 2 aromatic rings. The first kappa shape index (κ1) is 11.6. The minimum absolute atomic E-state index is 0.304. The maximum Gasteiger partial charge on any atom is 0.165 e. The molecule has 1 heterocycles. The topological polar surface area (TPSA) is 27.1 Å². The molecule has 0 aliphatic heterocycles. The van der Waals surface area contributed by atoms with Crippen LogP contribution < -0.4 is 4.74 Å². The number of imidazole rings is 1. The van der Waals surface area contributed by atoms with E-state index in [2.05, 4.69) is 4.98 Å². The van der Waals surface area contributed by atoms with Crippen LogP contribution in [0.4, 0.5) is 4.39 Å². The van der Waals surface area contributed by atoms with Crippen molar-refractivity contribution in [1.82, 2.24) is 9.55 Å². The highest BCUT2D eigenvalue weighted by molar-refractivity contribution is 5.23. The third-order valence-corrected chi connectivity index (χ3v) is 2.46. The van der Waals surface area contributed by atoms with Gasteiger partial charge in [0.15, 0.2) is 11.6 Å². The fraction of sp³-hybridized carbons (Fsp3) is 0.308. The Morgan fingerprint density at radius 2 is 2.12 bits per heavy atom. The molecule has 90 valence electrons. The van der Waals surface area contributed by atoms with Gasteiger partial charge < -0.3 is 9.30 Å². The number of aryl methyl sites for hydroxylation is 1. The van der Waals surface area contributed by atoms with Gasteiger partial charge in [-0.1, -0.05) is 12.1 Å². The molecule has 0 aliphatic rings. The maximum absolute atomic E-state index is 13.2. The van der Waals surface area contributed by atoms with Gasteiger partial charge in [0.05, 0.1) is 12.9 Å². The lowest BCUT2D eigenvalue weighted by Gasteiger charge is -2.07. The van der Waals surface area contributed by atoms with Gasteiger partial charge in [-0.05, 0) is 25.0 Å². The molecule has 1 aromatic carbocycles. The van der Waals surface area contributed by atoms with Crippen LogP contribution in [0.5, 0.6) is 5.75 Å². The summed E-state index contributed by atoms with van der Waals surface area (Å²) in [5.74, 6) is 0.0252. The highest BCUT2D eigenvalue weighted by Crippen LogP contribution is 2.15. The molecule has 0 saturated carbocycles. The second kappa shape index (κ2) is 6.03. The first-order valence-corrected chi connectivity index (χ1v) is 5.69. The minimum Gasteiger partial charge on any atom is -0.491 e. The molecule has 0 spiro atoms. The van der Waals surface area contributed by atoms with E-state index in [9.17, 15) is 4.39 Å². The SMILES string of the molecule is Fc1ccccc1OCCCCn1ccnc1. The summed E-state index contributed by atoms with van der Waals surface area (Å²) >= 11 is 0. The van der Waals surface area contributed by atoms with E-state index < -0.39 is 0 Å². The van der Waals surface area contributed by atoms with Crippen LogP contribution in [0, 0.1) is 5.82 Å². The number of nitrogens with zero attached hydrogens (tertiary/aromatic N) is 2. The van der Waals surface area contributed by atoms with Gasteiger partial charge in [-0.25, -0.2) is 9.37 Å². The van der Waals surface area contributed by atoms with Crippen LogP contribution in [0.25, 0.3) is 0 Å². The number of aromatic nitrogens is 2. The molecule has 1 aromatic heterocycles. The van der Waals surface area contributed by atoms with Gasteiger partial charge in [0, 0.05) is 18.9 Å².